The van der Waals surface area contributed by atoms with Crippen LogP contribution in [0.5, 0.6) is 17.2 Å². The van der Waals surface area contributed by atoms with Gasteiger partial charge in [0.2, 0.25) is 11.5 Å². The molecule has 0 aliphatic carbocycles. The monoisotopic (exact) mass is 348 g/mol. The molecular weight excluding hydrogens is 328 g/mol. The highest BCUT2D eigenvalue weighted by Gasteiger charge is 2.28. The van der Waals surface area contributed by atoms with Crippen LogP contribution in [-0.2, 0) is 0 Å². The zero-order chi connectivity index (χ0) is 16.2. The smallest absolute Gasteiger partial charge is 0.215 e. The van der Waals surface area contributed by atoms with Gasteiger partial charge in [0.25, 0.3) is 0 Å². The van der Waals surface area contributed by atoms with Crippen LogP contribution in [0.3, 0.4) is 0 Å². The third-order valence-corrected chi connectivity index (χ3v) is 3.89. The minimum Gasteiger partial charge on any atom is -1.00 e. The molecule has 0 spiro atoms. The lowest BCUT2D eigenvalue weighted by molar-refractivity contribution is -0.451. The molecule has 0 fully saturated rings. The highest BCUT2D eigenvalue weighted by Crippen LogP contribution is 2.45. The first-order chi connectivity index (χ1) is 11.3. The Balaban J connectivity index is 0.00000208. The number of rotatable bonds is 4. The molecule has 0 radical (unpaired) electrons. The molecule has 0 bridgehead atoms. The Labute approximate surface area is 148 Å². The summed E-state index contributed by atoms with van der Waals surface area (Å²) in [4.78, 5) is 3.50. The summed E-state index contributed by atoms with van der Waals surface area (Å²) < 4.78 is 16.6. The number of hydrogen-bond acceptors (Lipinski definition) is 4. The van der Waals surface area contributed by atoms with Gasteiger partial charge in [0.15, 0.2) is 18.0 Å². The summed E-state index contributed by atoms with van der Waals surface area (Å²) in [6, 6.07) is 12.2. The Kier molecular flexibility index (Phi) is 5.93. The van der Waals surface area contributed by atoms with Crippen molar-refractivity contribution >= 4 is 11.4 Å². The molecule has 2 aromatic carbocycles. The lowest BCUT2D eigenvalue weighted by atomic mass is 9.99. The number of hydrogen-bond donors (Lipinski definition) is 2. The maximum atomic E-state index is 5.61. The number of fused-ring (bicyclic) bond motifs is 1. The number of methoxy groups -OCH3 is 3. The van der Waals surface area contributed by atoms with Gasteiger partial charge in [-0.3, -0.25) is 0 Å². The summed E-state index contributed by atoms with van der Waals surface area (Å²) in [7, 11) is 4.88. The fraction of sp³-hybridized carbons (Fsp3) is 0.278. The molecule has 24 heavy (non-hydrogen) atoms. The lowest BCUT2D eigenvalue weighted by Gasteiger charge is -2.18. The van der Waals surface area contributed by atoms with Crippen molar-refractivity contribution in [3.05, 3.63) is 47.5 Å². The molecule has 0 unspecified atom stereocenters. The number of halogens is 1. The third kappa shape index (κ3) is 3.12. The molecule has 2 N–H and O–H groups in total. The van der Waals surface area contributed by atoms with Gasteiger partial charge in [0.1, 0.15) is 0 Å². The maximum absolute atomic E-state index is 5.61. The Morgan fingerprint density at radius 1 is 0.958 bits per heavy atom. The first kappa shape index (κ1) is 17.9. The predicted octanol–water partition coefficient (Wildman–Crippen LogP) is -1.94. The van der Waals surface area contributed by atoms with Gasteiger partial charge in [-0.1, -0.05) is 18.2 Å². The van der Waals surface area contributed by atoms with E-state index >= 15 is 0 Å². The number of ether oxygens (including phenoxy) is 3. The van der Waals surface area contributed by atoms with Crippen LogP contribution in [0.15, 0.2) is 36.4 Å². The molecule has 1 heterocycles. The van der Waals surface area contributed by atoms with E-state index in [4.69, 9.17) is 14.2 Å². The van der Waals surface area contributed by atoms with Gasteiger partial charge < -0.3 is 31.9 Å². The van der Waals surface area contributed by atoms with Crippen LogP contribution in [0.2, 0.25) is 0 Å². The predicted molar refractivity (Wildman–Crippen MR) is 90.1 cm³/mol. The highest BCUT2D eigenvalue weighted by molar-refractivity contribution is 6.14. The van der Waals surface area contributed by atoms with E-state index in [1.807, 2.05) is 24.3 Å². The van der Waals surface area contributed by atoms with Crippen molar-refractivity contribution in [2.45, 2.75) is 0 Å². The molecule has 1 aliphatic heterocycles. The topological polar surface area (TPSA) is 53.7 Å². The maximum Gasteiger partial charge on any atom is 0.215 e. The first-order valence-corrected chi connectivity index (χ1v) is 7.53. The molecule has 3 rings (SSSR count). The van der Waals surface area contributed by atoms with Crippen LogP contribution in [-0.4, -0.2) is 40.1 Å². The zero-order valence-corrected chi connectivity index (χ0v) is 14.7. The molecule has 128 valence electrons. The van der Waals surface area contributed by atoms with Crippen LogP contribution < -0.4 is 36.9 Å². The standard InChI is InChI=1S/C18H20N2O3.ClH/c1-21-14-11-13-15(12-7-5-4-6-8-12)19-9-10-20-16(13)18(23-3)17(14)22-2;/h4-8,11,20H,9-10H2,1-3H3;1H. The van der Waals surface area contributed by atoms with Crippen molar-refractivity contribution in [3.63, 3.8) is 0 Å². The second-order valence-corrected chi connectivity index (χ2v) is 5.16. The Hall–Kier alpha value is -2.40. The average molecular weight is 349 g/mol. The summed E-state index contributed by atoms with van der Waals surface area (Å²) in [6.07, 6.45) is 0. The van der Waals surface area contributed by atoms with Crippen molar-refractivity contribution in [2.75, 3.05) is 39.7 Å². The van der Waals surface area contributed by atoms with Crippen molar-refractivity contribution in [1.82, 2.24) is 0 Å². The Bertz CT molecular complexity index is 733. The summed E-state index contributed by atoms with van der Waals surface area (Å²) in [5.41, 5.74) is 4.08. The van der Waals surface area contributed by atoms with Crippen LogP contribution >= 0.6 is 0 Å². The molecule has 0 saturated carbocycles. The summed E-state index contributed by atoms with van der Waals surface area (Å²) in [6.45, 7) is 1.60. The Morgan fingerprint density at radius 2 is 1.67 bits per heavy atom. The highest BCUT2D eigenvalue weighted by atomic mass is 35.5. The lowest BCUT2D eigenvalue weighted by Crippen LogP contribution is -3.00. The van der Waals surface area contributed by atoms with E-state index in [1.165, 1.54) is 0 Å². The zero-order valence-electron chi connectivity index (χ0n) is 14.0. The van der Waals surface area contributed by atoms with E-state index in [0.29, 0.717) is 17.2 Å². The van der Waals surface area contributed by atoms with E-state index in [-0.39, 0.29) is 12.4 Å². The first-order valence-electron chi connectivity index (χ1n) is 7.53. The molecule has 2 aromatic rings. The van der Waals surface area contributed by atoms with Gasteiger partial charge in [0.05, 0.1) is 39.1 Å². The van der Waals surface area contributed by atoms with Crippen LogP contribution in [0.25, 0.3) is 0 Å². The summed E-state index contributed by atoms with van der Waals surface area (Å²) in [5, 5.41) is 3.43. The number of anilines is 1. The van der Waals surface area contributed by atoms with Gasteiger partial charge in [-0.2, -0.15) is 0 Å². The van der Waals surface area contributed by atoms with E-state index in [2.05, 4.69) is 22.4 Å². The SMILES string of the molecule is COc1cc2c(c(OC)c1OC)NCC[NH+]=C2c1ccccc1.[Cl-]. The van der Waals surface area contributed by atoms with Gasteiger partial charge >= 0.3 is 0 Å². The average Bonchev–Trinajstić information content (AvgIpc) is 2.82. The normalized spacial score (nSPS) is 12.7. The fourth-order valence-electron chi connectivity index (χ4n) is 2.86. The van der Waals surface area contributed by atoms with Gasteiger partial charge in [-0.15, -0.1) is 0 Å². The van der Waals surface area contributed by atoms with Crippen molar-refractivity contribution in [3.8, 4) is 17.2 Å². The second-order valence-electron chi connectivity index (χ2n) is 5.16. The molecule has 0 saturated heterocycles. The molecule has 0 amide bonds. The molecule has 0 atom stereocenters. The van der Waals surface area contributed by atoms with E-state index in [9.17, 15) is 0 Å². The quantitative estimate of drug-likeness (QED) is 0.675. The number of benzene rings is 2. The van der Waals surface area contributed by atoms with Crippen molar-refractivity contribution in [1.29, 1.82) is 0 Å². The second kappa shape index (κ2) is 7.93. The molecule has 0 aromatic heterocycles. The van der Waals surface area contributed by atoms with E-state index in [1.54, 1.807) is 21.3 Å². The molecule has 1 aliphatic rings. The summed E-state index contributed by atoms with van der Waals surface area (Å²) in [5.74, 6) is 1.89. The van der Waals surface area contributed by atoms with Crippen molar-refractivity contribution < 1.29 is 31.6 Å². The molecular formula is C18H21ClN2O3. The molecule has 6 heteroatoms. The fourth-order valence-corrected chi connectivity index (χ4v) is 2.86. The van der Waals surface area contributed by atoms with Crippen LogP contribution in [0, 0.1) is 0 Å². The third-order valence-electron chi connectivity index (χ3n) is 3.89. The minimum atomic E-state index is 0. The van der Waals surface area contributed by atoms with Crippen LogP contribution in [0.1, 0.15) is 11.1 Å². The van der Waals surface area contributed by atoms with Crippen LogP contribution in [0.4, 0.5) is 5.69 Å². The van der Waals surface area contributed by atoms with Crippen molar-refractivity contribution in [2.24, 2.45) is 0 Å². The molecule has 5 nitrogen and oxygen atoms in total. The number of nitrogens with one attached hydrogen (secondary N) is 2. The van der Waals surface area contributed by atoms with Gasteiger partial charge in [-0.25, -0.2) is 4.99 Å². The minimum absolute atomic E-state index is 0. The van der Waals surface area contributed by atoms with Gasteiger partial charge in [-0.05, 0) is 12.1 Å². The van der Waals surface area contributed by atoms with E-state index in [0.717, 1.165) is 35.6 Å². The summed E-state index contributed by atoms with van der Waals surface area (Å²) >= 11 is 0. The Morgan fingerprint density at radius 3 is 2.29 bits per heavy atom. The van der Waals surface area contributed by atoms with Gasteiger partial charge in [0, 0.05) is 11.6 Å². The number of benzodiazepines with no additional fused rings is 1. The van der Waals surface area contributed by atoms with E-state index < -0.39 is 0 Å². The largest absolute Gasteiger partial charge is 1.00 e.